The molecule has 1 aliphatic rings. The van der Waals surface area contributed by atoms with Crippen LogP contribution in [0.15, 0.2) is 0 Å². The van der Waals surface area contributed by atoms with Crippen LogP contribution in [0.25, 0.3) is 0 Å². The second-order valence-corrected chi connectivity index (χ2v) is 3.38. The molecule has 1 rings (SSSR count). The van der Waals surface area contributed by atoms with E-state index < -0.39 is 30.4 Å². The van der Waals surface area contributed by atoms with E-state index in [0.29, 0.717) is 0 Å². The smallest absolute Gasteiger partial charge is 0.326 e. The minimum atomic E-state index is -1.39. The number of urea groups is 1. The average Bonchev–Trinajstić information content (AvgIpc) is 2.85. The minimum Gasteiger partial charge on any atom is -0.481 e. The molecular formula is C8H12N2O5. The maximum absolute atomic E-state index is 11.1. The quantitative estimate of drug-likeness (QED) is 0.488. The van der Waals surface area contributed by atoms with Gasteiger partial charge < -0.3 is 20.8 Å². The van der Waals surface area contributed by atoms with Crippen LogP contribution in [-0.4, -0.2) is 40.3 Å². The molecule has 1 saturated carbocycles. The Bertz CT molecular complexity index is 287. The molecule has 0 spiro atoms. The Balaban J connectivity index is 2.38. The lowest BCUT2D eigenvalue weighted by molar-refractivity contribution is -0.145. The van der Waals surface area contributed by atoms with Gasteiger partial charge in [-0.2, -0.15) is 0 Å². The Morgan fingerprint density at radius 2 is 1.87 bits per heavy atom. The number of rotatable bonds is 5. The Morgan fingerprint density at radius 3 is 2.27 bits per heavy atom. The summed E-state index contributed by atoms with van der Waals surface area (Å²) in [6.45, 7) is 0. The van der Waals surface area contributed by atoms with E-state index in [2.05, 4.69) is 10.6 Å². The fraction of sp³-hybridized carbons (Fsp3) is 0.625. The molecule has 0 radical (unpaired) electrons. The minimum absolute atomic E-state index is 0.101. The van der Waals surface area contributed by atoms with Gasteiger partial charge in [0.2, 0.25) is 0 Å². The molecule has 4 N–H and O–H groups in total. The molecule has 15 heavy (non-hydrogen) atoms. The molecule has 0 aromatic heterocycles. The summed E-state index contributed by atoms with van der Waals surface area (Å²) in [6, 6.07) is -1.92. The molecule has 1 atom stereocenters. The number of carboxylic acid groups (broad SMARTS) is 2. The molecule has 0 heterocycles. The summed E-state index contributed by atoms with van der Waals surface area (Å²) < 4.78 is 0. The van der Waals surface area contributed by atoms with Gasteiger partial charge in [0.15, 0.2) is 0 Å². The number of aliphatic carboxylic acids is 2. The van der Waals surface area contributed by atoms with E-state index in [4.69, 9.17) is 10.2 Å². The van der Waals surface area contributed by atoms with E-state index in [0.717, 1.165) is 12.8 Å². The van der Waals surface area contributed by atoms with Crippen LogP contribution in [0.2, 0.25) is 0 Å². The highest BCUT2D eigenvalue weighted by molar-refractivity contribution is 5.86. The Labute approximate surface area is 85.5 Å². The second kappa shape index (κ2) is 4.63. The molecule has 2 amide bonds. The monoisotopic (exact) mass is 216 g/mol. The number of carbonyl (C=O) groups is 3. The Kier molecular flexibility index (Phi) is 3.48. The van der Waals surface area contributed by atoms with Gasteiger partial charge >= 0.3 is 18.0 Å². The number of amides is 2. The molecule has 0 aliphatic heterocycles. The lowest BCUT2D eigenvalue weighted by Gasteiger charge is -2.12. The zero-order chi connectivity index (χ0) is 11.4. The Morgan fingerprint density at radius 1 is 1.27 bits per heavy atom. The highest BCUT2D eigenvalue weighted by Crippen LogP contribution is 2.18. The van der Waals surface area contributed by atoms with Gasteiger partial charge in [0.05, 0.1) is 6.42 Å². The molecule has 7 nitrogen and oxygen atoms in total. The third-order valence-corrected chi connectivity index (χ3v) is 1.89. The highest BCUT2D eigenvalue weighted by Gasteiger charge is 2.27. The molecule has 84 valence electrons. The predicted molar refractivity (Wildman–Crippen MR) is 48.4 cm³/mol. The van der Waals surface area contributed by atoms with Crippen LogP contribution < -0.4 is 10.6 Å². The van der Waals surface area contributed by atoms with Crippen LogP contribution in [0.4, 0.5) is 4.79 Å². The fourth-order valence-corrected chi connectivity index (χ4v) is 0.988. The van der Waals surface area contributed by atoms with Gasteiger partial charge in [-0.25, -0.2) is 9.59 Å². The van der Waals surface area contributed by atoms with Gasteiger partial charge in [-0.3, -0.25) is 4.79 Å². The van der Waals surface area contributed by atoms with Crippen molar-refractivity contribution >= 4 is 18.0 Å². The molecule has 0 bridgehead atoms. The number of carbonyl (C=O) groups excluding carboxylic acids is 1. The van der Waals surface area contributed by atoms with Gasteiger partial charge in [-0.05, 0) is 12.8 Å². The lowest BCUT2D eigenvalue weighted by Crippen LogP contribution is -2.47. The average molecular weight is 216 g/mol. The van der Waals surface area contributed by atoms with Crippen molar-refractivity contribution in [1.29, 1.82) is 0 Å². The zero-order valence-electron chi connectivity index (χ0n) is 7.90. The van der Waals surface area contributed by atoms with Crippen molar-refractivity contribution in [2.24, 2.45) is 0 Å². The molecule has 0 saturated heterocycles. The van der Waals surface area contributed by atoms with Gasteiger partial charge in [-0.1, -0.05) is 0 Å². The van der Waals surface area contributed by atoms with Crippen molar-refractivity contribution in [3.63, 3.8) is 0 Å². The maximum atomic E-state index is 11.1. The van der Waals surface area contributed by atoms with Crippen molar-refractivity contribution in [1.82, 2.24) is 10.6 Å². The van der Waals surface area contributed by atoms with Crippen LogP contribution in [0.5, 0.6) is 0 Å². The van der Waals surface area contributed by atoms with E-state index in [1.54, 1.807) is 0 Å². The number of hydrogen-bond acceptors (Lipinski definition) is 3. The summed E-state index contributed by atoms with van der Waals surface area (Å²) in [7, 11) is 0. The summed E-state index contributed by atoms with van der Waals surface area (Å²) >= 11 is 0. The van der Waals surface area contributed by atoms with E-state index >= 15 is 0 Å². The third kappa shape index (κ3) is 4.30. The first-order valence-corrected chi connectivity index (χ1v) is 4.50. The van der Waals surface area contributed by atoms with Gasteiger partial charge in [0, 0.05) is 6.04 Å². The molecule has 1 aliphatic carbocycles. The van der Waals surface area contributed by atoms with Crippen LogP contribution in [0.1, 0.15) is 19.3 Å². The first kappa shape index (κ1) is 11.3. The molecular weight excluding hydrogens is 204 g/mol. The largest absolute Gasteiger partial charge is 0.481 e. The highest BCUT2D eigenvalue weighted by atomic mass is 16.4. The zero-order valence-corrected chi connectivity index (χ0v) is 7.90. The van der Waals surface area contributed by atoms with Crippen LogP contribution in [-0.2, 0) is 9.59 Å². The molecule has 7 heteroatoms. The van der Waals surface area contributed by atoms with Gasteiger partial charge in [0.25, 0.3) is 0 Å². The molecule has 0 unspecified atom stereocenters. The summed E-state index contributed by atoms with van der Waals surface area (Å²) in [5, 5.41) is 21.6. The van der Waals surface area contributed by atoms with E-state index in [1.807, 2.05) is 0 Å². The van der Waals surface area contributed by atoms with Gasteiger partial charge in [0.1, 0.15) is 6.04 Å². The number of hydrogen-bond donors (Lipinski definition) is 4. The molecule has 0 aromatic rings. The van der Waals surface area contributed by atoms with E-state index in [-0.39, 0.29) is 6.04 Å². The lowest BCUT2D eigenvalue weighted by atomic mass is 10.2. The molecule has 0 aromatic carbocycles. The van der Waals surface area contributed by atoms with Gasteiger partial charge in [-0.15, -0.1) is 0 Å². The topological polar surface area (TPSA) is 116 Å². The molecule has 1 fully saturated rings. The van der Waals surface area contributed by atoms with Crippen LogP contribution in [0.3, 0.4) is 0 Å². The van der Waals surface area contributed by atoms with Crippen molar-refractivity contribution in [3.05, 3.63) is 0 Å². The van der Waals surface area contributed by atoms with Crippen molar-refractivity contribution in [3.8, 4) is 0 Å². The van der Waals surface area contributed by atoms with Crippen LogP contribution >= 0.6 is 0 Å². The first-order chi connectivity index (χ1) is 6.99. The summed E-state index contributed by atoms with van der Waals surface area (Å²) in [4.78, 5) is 32.0. The predicted octanol–water partition coefficient (Wildman–Crippen LogP) is -0.624. The van der Waals surface area contributed by atoms with Crippen molar-refractivity contribution in [2.45, 2.75) is 31.3 Å². The van der Waals surface area contributed by atoms with E-state index in [9.17, 15) is 14.4 Å². The van der Waals surface area contributed by atoms with E-state index in [1.165, 1.54) is 0 Å². The standard InChI is InChI=1S/C8H12N2O5/c11-6(12)3-5(7(13)14)10-8(15)9-4-1-2-4/h4-5H,1-3H2,(H,11,12)(H,13,14)(H2,9,10,15)/t5-/m0/s1. The van der Waals surface area contributed by atoms with Crippen LogP contribution in [0, 0.1) is 0 Å². The first-order valence-electron chi connectivity index (χ1n) is 4.50. The summed E-state index contributed by atoms with van der Waals surface area (Å²) in [5.74, 6) is -2.63. The fourth-order valence-electron chi connectivity index (χ4n) is 0.988. The van der Waals surface area contributed by atoms with Crippen molar-refractivity contribution in [2.75, 3.05) is 0 Å². The third-order valence-electron chi connectivity index (χ3n) is 1.89. The second-order valence-electron chi connectivity index (χ2n) is 3.38. The maximum Gasteiger partial charge on any atom is 0.326 e. The Hall–Kier alpha value is -1.79. The van der Waals surface area contributed by atoms with Crippen molar-refractivity contribution < 1.29 is 24.6 Å². The SMILES string of the molecule is O=C(O)C[C@H](NC(=O)NC1CC1)C(=O)O. The summed E-state index contributed by atoms with van der Waals surface area (Å²) in [5.41, 5.74) is 0. The summed E-state index contributed by atoms with van der Waals surface area (Å²) in [6.07, 6.45) is 1.13. The number of nitrogens with one attached hydrogen (secondary N) is 2. The number of carboxylic acids is 2. The normalized spacial score (nSPS) is 16.5.